The van der Waals surface area contributed by atoms with E-state index in [0.717, 1.165) is 19.6 Å². The molecule has 1 rings (SSSR count). The molecule has 1 heterocycles. The van der Waals surface area contributed by atoms with Gasteiger partial charge in [0.1, 0.15) is 6.79 Å². The second kappa shape index (κ2) is 4.48. The largest absolute Gasteiger partial charge is 0.355 e. The average molecular weight is 257 g/mol. The lowest BCUT2D eigenvalue weighted by atomic mass is 10.2. The van der Waals surface area contributed by atoms with Crippen molar-refractivity contribution in [2.45, 2.75) is 12.5 Å². The standard InChI is InChI=1S/C6H12INO2/c1-8(7)4-6-2-3-9-5-10-6/h6H,2-5H2,1H3/t6-/m1/s1. The first-order valence-corrected chi connectivity index (χ1v) is 4.32. The van der Waals surface area contributed by atoms with Crippen molar-refractivity contribution in [2.24, 2.45) is 0 Å². The third kappa shape index (κ3) is 3.14. The molecule has 1 atom stereocenters. The maximum Gasteiger partial charge on any atom is 0.147 e. The minimum absolute atomic E-state index is 0.371. The van der Waals surface area contributed by atoms with Crippen LogP contribution in [0.3, 0.4) is 0 Å². The third-order valence-electron chi connectivity index (χ3n) is 1.43. The van der Waals surface area contributed by atoms with Gasteiger partial charge in [0, 0.05) is 29.4 Å². The van der Waals surface area contributed by atoms with Gasteiger partial charge in [0.15, 0.2) is 0 Å². The van der Waals surface area contributed by atoms with Gasteiger partial charge in [0.05, 0.1) is 12.7 Å². The van der Waals surface area contributed by atoms with Crippen molar-refractivity contribution in [3.05, 3.63) is 0 Å². The fraction of sp³-hybridized carbons (Fsp3) is 1.00. The van der Waals surface area contributed by atoms with Crippen molar-refractivity contribution >= 4 is 22.9 Å². The molecule has 3 nitrogen and oxygen atoms in total. The number of nitrogens with zero attached hydrogens (tertiary/aromatic N) is 1. The van der Waals surface area contributed by atoms with E-state index in [9.17, 15) is 0 Å². The fourth-order valence-electron chi connectivity index (χ4n) is 0.926. The molecule has 1 fully saturated rings. The number of likely N-dealkylation sites (N-methyl/N-ethyl adjacent to an activating group) is 1. The van der Waals surface area contributed by atoms with Crippen LogP contribution in [0.15, 0.2) is 0 Å². The number of hydrogen-bond donors (Lipinski definition) is 0. The molecule has 0 unspecified atom stereocenters. The van der Waals surface area contributed by atoms with E-state index in [0.29, 0.717) is 12.9 Å². The predicted octanol–water partition coefficient (Wildman–Crippen LogP) is 1.03. The van der Waals surface area contributed by atoms with E-state index in [-0.39, 0.29) is 0 Å². The van der Waals surface area contributed by atoms with Crippen LogP contribution in [-0.4, -0.2) is 36.2 Å². The van der Waals surface area contributed by atoms with Crippen LogP contribution in [0.1, 0.15) is 6.42 Å². The molecule has 0 aromatic heterocycles. The molecular weight excluding hydrogens is 245 g/mol. The van der Waals surface area contributed by atoms with Crippen LogP contribution >= 0.6 is 22.9 Å². The van der Waals surface area contributed by atoms with Gasteiger partial charge < -0.3 is 9.47 Å². The number of rotatable bonds is 2. The zero-order valence-electron chi connectivity index (χ0n) is 6.05. The summed E-state index contributed by atoms with van der Waals surface area (Å²) in [4.78, 5) is 0. The van der Waals surface area contributed by atoms with Gasteiger partial charge >= 0.3 is 0 Å². The first kappa shape index (κ1) is 8.70. The molecule has 0 aromatic rings. The van der Waals surface area contributed by atoms with Gasteiger partial charge in [-0.25, -0.2) is 3.11 Å². The Morgan fingerprint density at radius 1 is 1.70 bits per heavy atom. The highest BCUT2D eigenvalue weighted by molar-refractivity contribution is 14.1. The predicted molar refractivity (Wildman–Crippen MR) is 47.0 cm³/mol. The molecule has 4 heteroatoms. The monoisotopic (exact) mass is 257 g/mol. The summed E-state index contributed by atoms with van der Waals surface area (Å²) < 4.78 is 12.5. The Kier molecular flexibility index (Phi) is 3.90. The second-order valence-corrected chi connectivity index (χ2v) is 4.04. The molecule has 0 spiro atoms. The molecule has 0 radical (unpaired) electrons. The van der Waals surface area contributed by atoms with Crippen LogP contribution in [0.25, 0.3) is 0 Å². The van der Waals surface area contributed by atoms with E-state index < -0.39 is 0 Å². The van der Waals surface area contributed by atoms with Crippen molar-refractivity contribution < 1.29 is 9.47 Å². The number of halogens is 1. The highest BCUT2D eigenvalue weighted by Crippen LogP contribution is 2.08. The molecule has 0 N–H and O–H groups in total. The van der Waals surface area contributed by atoms with Crippen LogP contribution in [0.2, 0.25) is 0 Å². The molecule has 0 amide bonds. The zero-order valence-corrected chi connectivity index (χ0v) is 8.20. The molecule has 0 saturated carbocycles. The van der Waals surface area contributed by atoms with E-state index in [1.807, 2.05) is 7.05 Å². The summed E-state index contributed by atoms with van der Waals surface area (Å²) in [7, 11) is 2.04. The van der Waals surface area contributed by atoms with E-state index >= 15 is 0 Å². The van der Waals surface area contributed by atoms with Gasteiger partial charge in [-0.3, -0.25) is 0 Å². The zero-order chi connectivity index (χ0) is 7.40. The average Bonchev–Trinajstić information content (AvgIpc) is 1.88. The maximum atomic E-state index is 5.32. The summed E-state index contributed by atoms with van der Waals surface area (Å²) in [5, 5.41) is 0. The summed E-state index contributed by atoms with van der Waals surface area (Å²) in [5.41, 5.74) is 0. The van der Waals surface area contributed by atoms with Crippen molar-refractivity contribution in [1.29, 1.82) is 0 Å². The van der Waals surface area contributed by atoms with Gasteiger partial charge in [0.25, 0.3) is 0 Å². The summed E-state index contributed by atoms with van der Waals surface area (Å²) >= 11 is 2.26. The first-order valence-electron chi connectivity index (χ1n) is 3.35. The Hall–Kier alpha value is 0.610. The van der Waals surface area contributed by atoms with Gasteiger partial charge in [-0.05, 0) is 13.5 Å². The molecule has 0 aliphatic carbocycles. The molecule has 1 aliphatic heterocycles. The van der Waals surface area contributed by atoms with Crippen LogP contribution in [0.5, 0.6) is 0 Å². The van der Waals surface area contributed by atoms with Gasteiger partial charge in [-0.15, -0.1) is 0 Å². The summed E-state index contributed by atoms with van der Waals surface area (Å²) in [6, 6.07) is 0. The van der Waals surface area contributed by atoms with Gasteiger partial charge in [-0.1, -0.05) is 0 Å². The van der Waals surface area contributed by atoms with Crippen molar-refractivity contribution in [3.8, 4) is 0 Å². The minimum Gasteiger partial charge on any atom is -0.355 e. The highest BCUT2D eigenvalue weighted by Gasteiger charge is 2.14. The molecular formula is C6H12INO2. The lowest BCUT2D eigenvalue weighted by molar-refractivity contribution is -0.139. The smallest absolute Gasteiger partial charge is 0.147 e. The molecule has 60 valence electrons. The quantitative estimate of drug-likeness (QED) is 0.544. The van der Waals surface area contributed by atoms with Crippen molar-refractivity contribution in [2.75, 3.05) is 27.0 Å². The van der Waals surface area contributed by atoms with Gasteiger partial charge in [-0.2, -0.15) is 0 Å². The van der Waals surface area contributed by atoms with Gasteiger partial charge in [0.2, 0.25) is 0 Å². The number of ether oxygens (including phenoxy) is 2. The van der Waals surface area contributed by atoms with E-state index in [4.69, 9.17) is 9.47 Å². The van der Waals surface area contributed by atoms with Crippen LogP contribution in [0, 0.1) is 0 Å². The van der Waals surface area contributed by atoms with Crippen LogP contribution in [0.4, 0.5) is 0 Å². The first-order chi connectivity index (χ1) is 4.79. The summed E-state index contributed by atoms with van der Waals surface area (Å²) in [6.07, 6.45) is 1.39. The SMILES string of the molecule is CN(I)C[C@H]1CCOCO1. The Labute approximate surface area is 75.2 Å². The Bertz CT molecular complexity index is 93.7. The lowest BCUT2D eigenvalue weighted by Gasteiger charge is -2.24. The van der Waals surface area contributed by atoms with Crippen molar-refractivity contribution in [3.63, 3.8) is 0 Å². The van der Waals surface area contributed by atoms with Crippen LogP contribution < -0.4 is 0 Å². The number of hydrogen-bond acceptors (Lipinski definition) is 3. The fourth-order valence-corrected chi connectivity index (χ4v) is 1.37. The molecule has 0 bridgehead atoms. The summed E-state index contributed by atoms with van der Waals surface area (Å²) in [5.74, 6) is 0. The third-order valence-corrected chi connectivity index (χ3v) is 1.82. The molecule has 1 aliphatic rings. The normalized spacial score (nSPS) is 27.3. The highest BCUT2D eigenvalue weighted by atomic mass is 127. The van der Waals surface area contributed by atoms with E-state index in [1.54, 1.807) is 0 Å². The van der Waals surface area contributed by atoms with Crippen molar-refractivity contribution in [1.82, 2.24) is 3.11 Å². The minimum atomic E-state index is 0.371. The Morgan fingerprint density at radius 2 is 2.50 bits per heavy atom. The molecule has 1 saturated heterocycles. The topological polar surface area (TPSA) is 21.7 Å². The summed E-state index contributed by atoms with van der Waals surface area (Å²) in [6.45, 7) is 2.30. The lowest BCUT2D eigenvalue weighted by Crippen LogP contribution is -2.31. The van der Waals surface area contributed by atoms with E-state index in [2.05, 4.69) is 26.0 Å². The second-order valence-electron chi connectivity index (χ2n) is 2.39. The van der Waals surface area contributed by atoms with Crippen LogP contribution in [-0.2, 0) is 9.47 Å². The maximum absolute atomic E-state index is 5.32. The molecule has 0 aromatic carbocycles. The van der Waals surface area contributed by atoms with E-state index in [1.165, 1.54) is 0 Å². The Morgan fingerprint density at radius 3 is 3.00 bits per heavy atom. The Balaban J connectivity index is 2.13. The molecule has 10 heavy (non-hydrogen) atoms.